The van der Waals surface area contributed by atoms with Gasteiger partial charge in [0.05, 0.1) is 23.6 Å². The Hall–Kier alpha value is -3.59. The Labute approximate surface area is 301 Å². The molecule has 4 N–H and O–H groups in total. The van der Waals surface area contributed by atoms with E-state index in [1.807, 2.05) is 18.2 Å². The number of nitrogens with one attached hydrogen (secondary N) is 1. The number of amides is 1. The van der Waals surface area contributed by atoms with Crippen molar-refractivity contribution in [3.63, 3.8) is 0 Å². The topological polar surface area (TPSA) is 129 Å². The number of piperidine rings is 1. The van der Waals surface area contributed by atoms with E-state index in [0.717, 1.165) is 38.5 Å². The molecule has 0 bridgehead atoms. The standard InChI is InChI=1S/C38H42Cl2F2N4O4/c1-37(2,24-13-15-46(16-14-24)20-23-7-4-3-5-8-23)19-31-38(22-43,28-12-11-25(39)17-30(28)41)33(27-9-6-10-29(40)34(27)42)35(45-31)36(49)50-21-26(47)18-32(44)48/h3-12,17,24,26,31,33,35,45,47H,13-16,18-21H2,1-2H3,(H2,44,48)/t26-,31-,33-,35+,38-/m0/s1. The van der Waals surface area contributed by atoms with Gasteiger partial charge in [-0.05, 0) is 73.0 Å². The predicted molar refractivity (Wildman–Crippen MR) is 187 cm³/mol. The van der Waals surface area contributed by atoms with Gasteiger partial charge in [-0.2, -0.15) is 5.26 Å². The molecule has 0 spiro atoms. The summed E-state index contributed by atoms with van der Waals surface area (Å²) in [5.74, 6) is -4.44. The molecule has 50 heavy (non-hydrogen) atoms. The van der Waals surface area contributed by atoms with Crippen molar-refractivity contribution in [1.82, 2.24) is 10.2 Å². The summed E-state index contributed by atoms with van der Waals surface area (Å²) in [6.45, 7) is 6.22. The molecular weight excluding hydrogens is 685 g/mol. The molecule has 0 unspecified atom stereocenters. The van der Waals surface area contributed by atoms with E-state index < -0.39 is 71.5 Å². The Kier molecular flexibility index (Phi) is 11.9. The largest absolute Gasteiger partial charge is 0.462 e. The van der Waals surface area contributed by atoms with Gasteiger partial charge in [-0.1, -0.05) is 85.6 Å². The normalized spacial score (nSPS) is 23.7. The molecule has 0 aromatic heterocycles. The molecule has 3 aromatic rings. The molecule has 5 rings (SSSR count). The number of primary amides is 1. The summed E-state index contributed by atoms with van der Waals surface area (Å²) in [6, 6.07) is 18.6. The number of hydrogen-bond donors (Lipinski definition) is 3. The summed E-state index contributed by atoms with van der Waals surface area (Å²) in [7, 11) is 0. The minimum atomic E-state index is -1.85. The number of esters is 1. The third-order valence-electron chi connectivity index (χ3n) is 10.4. The first-order valence-electron chi connectivity index (χ1n) is 16.7. The van der Waals surface area contributed by atoms with Gasteiger partial charge in [0.15, 0.2) is 0 Å². The van der Waals surface area contributed by atoms with Crippen LogP contribution < -0.4 is 11.1 Å². The molecule has 2 fully saturated rings. The number of carbonyl (C=O) groups excluding carboxylic acids is 2. The van der Waals surface area contributed by atoms with Gasteiger partial charge in [0.2, 0.25) is 5.91 Å². The van der Waals surface area contributed by atoms with E-state index in [4.69, 9.17) is 33.7 Å². The first-order valence-corrected chi connectivity index (χ1v) is 17.5. The number of nitriles is 1. The monoisotopic (exact) mass is 726 g/mol. The molecule has 2 aliphatic heterocycles. The smallest absolute Gasteiger partial charge is 0.323 e. The maximum atomic E-state index is 16.1. The van der Waals surface area contributed by atoms with E-state index >= 15 is 8.78 Å². The number of nitrogens with zero attached hydrogens (tertiary/aromatic N) is 2. The van der Waals surface area contributed by atoms with Crippen molar-refractivity contribution in [1.29, 1.82) is 5.26 Å². The molecule has 12 heteroatoms. The fourth-order valence-electron chi connectivity index (χ4n) is 7.89. The number of ether oxygens (including phenoxy) is 1. The molecule has 1 amide bonds. The zero-order valence-electron chi connectivity index (χ0n) is 28.1. The van der Waals surface area contributed by atoms with Crippen LogP contribution in [0, 0.1) is 34.3 Å². The van der Waals surface area contributed by atoms with Crippen LogP contribution in [0.3, 0.4) is 0 Å². The second-order valence-electron chi connectivity index (χ2n) is 14.1. The molecule has 2 heterocycles. The number of likely N-dealkylation sites (tertiary alicyclic amines) is 1. The maximum Gasteiger partial charge on any atom is 0.323 e. The van der Waals surface area contributed by atoms with Crippen LogP contribution in [0.1, 0.15) is 62.1 Å². The number of rotatable bonds is 12. The molecule has 0 saturated carbocycles. The highest BCUT2D eigenvalue weighted by atomic mass is 35.5. The summed E-state index contributed by atoms with van der Waals surface area (Å²) in [5.41, 5.74) is 4.03. The molecule has 2 aliphatic rings. The van der Waals surface area contributed by atoms with Crippen molar-refractivity contribution in [3.05, 3.63) is 105 Å². The van der Waals surface area contributed by atoms with Crippen molar-refractivity contribution in [2.75, 3.05) is 19.7 Å². The van der Waals surface area contributed by atoms with Crippen LogP contribution >= 0.6 is 23.2 Å². The van der Waals surface area contributed by atoms with Crippen molar-refractivity contribution in [2.45, 2.75) is 75.6 Å². The lowest BCUT2D eigenvalue weighted by molar-refractivity contribution is -0.150. The van der Waals surface area contributed by atoms with Crippen LogP contribution in [-0.4, -0.2) is 59.8 Å². The van der Waals surface area contributed by atoms with E-state index in [1.54, 1.807) is 0 Å². The van der Waals surface area contributed by atoms with Crippen molar-refractivity contribution >= 4 is 35.1 Å². The Morgan fingerprint density at radius 2 is 1.82 bits per heavy atom. The highest BCUT2D eigenvalue weighted by Crippen LogP contribution is 2.54. The van der Waals surface area contributed by atoms with Gasteiger partial charge < -0.3 is 15.6 Å². The quantitative estimate of drug-likeness (QED) is 0.188. The van der Waals surface area contributed by atoms with Crippen LogP contribution in [-0.2, 0) is 26.3 Å². The number of hydrogen-bond acceptors (Lipinski definition) is 7. The summed E-state index contributed by atoms with van der Waals surface area (Å²) in [4.78, 5) is 27.6. The Balaban J connectivity index is 1.53. The first kappa shape index (κ1) is 37.7. The number of halogens is 4. The van der Waals surface area contributed by atoms with Gasteiger partial charge in [0, 0.05) is 29.1 Å². The van der Waals surface area contributed by atoms with Crippen LogP contribution in [0.2, 0.25) is 10.0 Å². The molecule has 0 radical (unpaired) electrons. The number of aliphatic hydroxyl groups excluding tert-OH is 1. The molecule has 266 valence electrons. The van der Waals surface area contributed by atoms with Crippen molar-refractivity contribution in [2.24, 2.45) is 17.1 Å². The Bertz CT molecular complexity index is 1730. The molecule has 8 nitrogen and oxygen atoms in total. The van der Waals surface area contributed by atoms with E-state index in [-0.39, 0.29) is 27.1 Å². The third kappa shape index (κ3) is 7.98. The molecule has 0 aliphatic carbocycles. The SMILES string of the molecule is CC(C)(C[C@@H]1N[C@@H](C(=O)OC[C@@H](O)CC(N)=O)[C@H](c2cccc(Cl)c2F)[C@@]1(C#N)c1ccc(Cl)cc1F)C1CCN(Cc2ccccc2)CC1. The van der Waals surface area contributed by atoms with Gasteiger partial charge in [0.1, 0.15) is 29.7 Å². The Morgan fingerprint density at radius 1 is 1.12 bits per heavy atom. The van der Waals surface area contributed by atoms with Gasteiger partial charge in [-0.3, -0.25) is 19.8 Å². The molecular formula is C38H42Cl2F2N4O4. The number of aliphatic hydroxyl groups is 1. The van der Waals surface area contributed by atoms with Gasteiger partial charge in [0.25, 0.3) is 0 Å². The van der Waals surface area contributed by atoms with Crippen molar-refractivity contribution in [3.8, 4) is 6.07 Å². The highest BCUT2D eigenvalue weighted by molar-refractivity contribution is 6.31. The predicted octanol–water partition coefficient (Wildman–Crippen LogP) is 6.27. The van der Waals surface area contributed by atoms with E-state index in [0.29, 0.717) is 6.42 Å². The van der Waals surface area contributed by atoms with Gasteiger partial charge >= 0.3 is 5.97 Å². The van der Waals surface area contributed by atoms with Crippen LogP contribution in [0.15, 0.2) is 66.7 Å². The van der Waals surface area contributed by atoms with E-state index in [1.165, 1.54) is 35.9 Å². The molecule has 2 saturated heterocycles. The van der Waals surface area contributed by atoms with Crippen LogP contribution in [0.4, 0.5) is 8.78 Å². The lowest BCUT2D eigenvalue weighted by atomic mass is 9.60. The van der Waals surface area contributed by atoms with E-state index in [2.05, 4.69) is 42.3 Å². The van der Waals surface area contributed by atoms with Crippen molar-refractivity contribution < 1.29 is 28.2 Å². The van der Waals surface area contributed by atoms with E-state index in [9.17, 15) is 20.0 Å². The average molecular weight is 728 g/mol. The number of nitrogens with two attached hydrogens (primary N) is 1. The van der Waals surface area contributed by atoms with Gasteiger partial charge in [-0.15, -0.1) is 0 Å². The lowest BCUT2D eigenvalue weighted by Gasteiger charge is -2.44. The Morgan fingerprint density at radius 3 is 2.46 bits per heavy atom. The zero-order chi connectivity index (χ0) is 36.2. The average Bonchev–Trinajstić information content (AvgIpc) is 3.38. The minimum absolute atomic E-state index is 0.0520. The summed E-state index contributed by atoms with van der Waals surface area (Å²) in [5, 5.41) is 24.6. The molecule has 3 aromatic carbocycles. The van der Waals surface area contributed by atoms with Crippen LogP contribution in [0.25, 0.3) is 0 Å². The maximum absolute atomic E-state index is 16.1. The fraction of sp³-hybridized carbons (Fsp3) is 0.447. The zero-order valence-corrected chi connectivity index (χ0v) is 29.6. The fourth-order valence-corrected chi connectivity index (χ4v) is 8.23. The minimum Gasteiger partial charge on any atom is -0.462 e. The summed E-state index contributed by atoms with van der Waals surface area (Å²) < 4.78 is 37.6. The second kappa shape index (κ2) is 15.7. The third-order valence-corrected chi connectivity index (χ3v) is 10.9. The van der Waals surface area contributed by atoms with Crippen LogP contribution in [0.5, 0.6) is 0 Å². The summed E-state index contributed by atoms with van der Waals surface area (Å²) >= 11 is 12.4. The highest BCUT2D eigenvalue weighted by Gasteiger charge is 2.62. The summed E-state index contributed by atoms with van der Waals surface area (Å²) in [6.07, 6.45) is 0.264. The lowest BCUT2D eigenvalue weighted by Crippen LogP contribution is -2.47. The molecule has 5 atom stereocenters. The number of carbonyl (C=O) groups is 2. The van der Waals surface area contributed by atoms with Gasteiger partial charge in [-0.25, -0.2) is 8.78 Å². The second-order valence-corrected chi connectivity index (χ2v) is 14.9. The first-order chi connectivity index (χ1) is 23.8. The number of benzene rings is 3.